The smallest absolute Gasteiger partial charge is 0.356 e. The van der Waals surface area contributed by atoms with Crippen LogP contribution in [0.4, 0.5) is 13.2 Å². The monoisotopic (exact) mass is 514 g/mol. The second-order valence-corrected chi connectivity index (χ2v) is 7.56. The van der Waals surface area contributed by atoms with E-state index >= 15 is 0 Å². The minimum atomic E-state index is -4.05. The van der Waals surface area contributed by atoms with Gasteiger partial charge in [-0.2, -0.15) is 13.2 Å². The lowest BCUT2D eigenvalue weighted by Crippen LogP contribution is -2.41. The first-order valence-electron chi connectivity index (χ1n) is 9.89. The molecule has 0 spiro atoms. The molecule has 0 bridgehead atoms. The van der Waals surface area contributed by atoms with Crippen molar-refractivity contribution >= 4 is 29.9 Å². The number of hydrogen-bond donors (Lipinski definition) is 2. The van der Waals surface area contributed by atoms with Crippen LogP contribution in [0.5, 0.6) is 0 Å². The molecule has 0 atom stereocenters. The van der Waals surface area contributed by atoms with Crippen LogP contribution in [0.3, 0.4) is 0 Å². The molecule has 160 valence electrons. The maximum absolute atomic E-state index is 12.8. The van der Waals surface area contributed by atoms with Gasteiger partial charge in [-0.15, -0.1) is 34.2 Å². The molecule has 10 heteroatoms. The predicted molar refractivity (Wildman–Crippen MR) is 113 cm³/mol. The predicted octanol–water partition coefficient (Wildman–Crippen LogP) is 3.66. The number of rotatable bonds is 4. The minimum absolute atomic E-state index is 0. The van der Waals surface area contributed by atoms with Gasteiger partial charge >= 0.3 is 6.18 Å². The molecule has 2 aliphatic rings. The molecule has 0 saturated heterocycles. The van der Waals surface area contributed by atoms with Gasteiger partial charge in [0.25, 0.3) is 0 Å². The quantitative estimate of drug-likeness (QED) is 0.366. The van der Waals surface area contributed by atoms with Gasteiger partial charge < -0.3 is 15.2 Å². The van der Waals surface area contributed by atoms with Gasteiger partial charge in [0, 0.05) is 26.6 Å². The largest absolute Gasteiger partial charge is 0.391 e. The zero-order valence-electron chi connectivity index (χ0n) is 16.3. The Morgan fingerprint density at radius 1 is 1.11 bits per heavy atom. The summed E-state index contributed by atoms with van der Waals surface area (Å²) in [5.74, 6) is 1.73. The van der Waals surface area contributed by atoms with Crippen LogP contribution in [0.15, 0.2) is 4.99 Å². The summed E-state index contributed by atoms with van der Waals surface area (Å²) in [6.07, 6.45) is 2.11. The van der Waals surface area contributed by atoms with E-state index in [2.05, 4.69) is 30.4 Å². The third kappa shape index (κ3) is 6.21. The topological polar surface area (TPSA) is 67.1 Å². The molecule has 1 aromatic rings. The van der Waals surface area contributed by atoms with Crippen LogP contribution in [0, 0.1) is 11.8 Å². The Bertz CT molecular complexity index is 638. The molecule has 3 rings (SSSR count). The maximum Gasteiger partial charge on any atom is 0.391 e. The normalized spacial score (nSPS) is 23.4. The van der Waals surface area contributed by atoms with Crippen LogP contribution in [-0.4, -0.2) is 40.5 Å². The van der Waals surface area contributed by atoms with Crippen molar-refractivity contribution < 1.29 is 13.2 Å². The van der Waals surface area contributed by atoms with E-state index in [0.717, 1.165) is 37.5 Å². The number of aliphatic imine (C=N–C) groups is 1. The molecule has 1 aromatic heterocycles. The Hall–Kier alpha value is -1.07. The van der Waals surface area contributed by atoms with Crippen molar-refractivity contribution in [2.45, 2.75) is 70.6 Å². The molecule has 2 N–H and O–H groups in total. The summed E-state index contributed by atoms with van der Waals surface area (Å²) in [5, 5.41) is 15.1. The molecule has 1 fully saturated rings. The highest BCUT2D eigenvalue weighted by molar-refractivity contribution is 14.0. The number of guanidine groups is 1. The van der Waals surface area contributed by atoms with Crippen LogP contribution >= 0.6 is 24.0 Å². The van der Waals surface area contributed by atoms with Crippen LogP contribution in [-0.2, 0) is 19.5 Å². The summed E-state index contributed by atoms with van der Waals surface area (Å²) in [7, 11) is 1.69. The summed E-state index contributed by atoms with van der Waals surface area (Å²) >= 11 is 0. The Kier molecular flexibility index (Phi) is 8.81. The van der Waals surface area contributed by atoms with E-state index in [-0.39, 0.29) is 42.7 Å². The van der Waals surface area contributed by atoms with Crippen molar-refractivity contribution in [1.82, 2.24) is 25.4 Å². The van der Waals surface area contributed by atoms with Crippen LogP contribution in [0.25, 0.3) is 0 Å². The molecule has 1 saturated carbocycles. The highest BCUT2D eigenvalue weighted by Gasteiger charge is 2.41. The summed E-state index contributed by atoms with van der Waals surface area (Å²) in [6, 6.07) is 0. The van der Waals surface area contributed by atoms with Gasteiger partial charge in [-0.05, 0) is 44.4 Å². The molecule has 6 nitrogen and oxygen atoms in total. The molecule has 28 heavy (non-hydrogen) atoms. The van der Waals surface area contributed by atoms with Crippen molar-refractivity contribution in [3.8, 4) is 0 Å². The standard InChI is InChI=1S/C18H29F3N6.HI/c1-22-17(23-11-13-6-8-14(9-7-13)18(19,20)21)24-12-16-26-25-15-5-3-2-4-10-27(15)16;/h13-14H,2-12H2,1H3,(H2,22,23,24);1H. The lowest BCUT2D eigenvalue weighted by molar-refractivity contribution is -0.183. The molecular weight excluding hydrogens is 484 g/mol. The highest BCUT2D eigenvalue weighted by Crippen LogP contribution is 2.39. The van der Waals surface area contributed by atoms with E-state index in [9.17, 15) is 13.2 Å². The van der Waals surface area contributed by atoms with E-state index in [1.54, 1.807) is 7.05 Å². The van der Waals surface area contributed by atoms with Crippen molar-refractivity contribution in [1.29, 1.82) is 0 Å². The molecule has 1 aliphatic carbocycles. The molecule has 0 amide bonds. The van der Waals surface area contributed by atoms with Crippen molar-refractivity contribution in [2.75, 3.05) is 13.6 Å². The number of halogens is 4. The third-order valence-electron chi connectivity index (χ3n) is 5.69. The first-order valence-corrected chi connectivity index (χ1v) is 9.89. The Morgan fingerprint density at radius 3 is 2.54 bits per heavy atom. The van der Waals surface area contributed by atoms with Gasteiger partial charge in [-0.25, -0.2) is 0 Å². The van der Waals surface area contributed by atoms with E-state index in [1.165, 1.54) is 6.42 Å². The zero-order chi connectivity index (χ0) is 19.3. The number of nitrogens with one attached hydrogen (secondary N) is 2. The molecular formula is C18H30F3IN6. The van der Waals surface area contributed by atoms with Crippen LogP contribution in [0.2, 0.25) is 0 Å². The number of aromatic nitrogens is 3. The SMILES string of the molecule is CN=C(NCc1nnc2n1CCCCC2)NCC1CCC(C(F)(F)F)CC1.I. The first kappa shape index (κ1) is 23.2. The number of fused-ring (bicyclic) bond motifs is 1. The highest BCUT2D eigenvalue weighted by atomic mass is 127. The average molecular weight is 514 g/mol. The third-order valence-corrected chi connectivity index (χ3v) is 5.69. The van der Waals surface area contributed by atoms with Crippen molar-refractivity contribution in [3.63, 3.8) is 0 Å². The fraction of sp³-hybridized carbons (Fsp3) is 0.833. The molecule has 2 heterocycles. The van der Waals surface area contributed by atoms with Gasteiger partial charge in [0.05, 0.1) is 12.5 Å². The molecule has 0 aromatic carbocycles. The van der Waals surface area contributed by atoms with Gasteiger partial charge in [0.15, 0.2) is 11.8 Å². The molecule has 0 unspecified atom stereocenters. The molecule has 1 aliphatic heterocycles. The summed E-state index contributed by atoms with van der Waals surface area (Å²) in [5.41, 5.74) is 0. The lowest BCUT2D eigenvalue weighted by Gasteiger charge is -2.30. The second kappa shape index (κ2) is 10.6. The summed E-state index contributed by atoms with van der Waals surface area (Å²) in [4.78, 5) is 4.21. The fourth-order valence-corrected chi connectivity index (χ4v) is 3.99. The van der Waals surface area contributed by atoms with Crippen LogP contribution in [0.1, 0.15) is 56.6 Å². The number of nitrogens with zero attached hydrogens (tertiary/aromatic N) is 4. The van der Waals surface area contributed by atoms with Gasteiger partial charge in [-0.3, -0.25) is 4.99 Å². The van der Waals surface area contributed by atoms with E-state index < -0.39 is 12.1 Å². The number of aryl methyl sites for hydroxylation is 1. The first-order chi connectivity index (χ1) is 13.0. The fourth-order valence-electron chi connectivity index (χ4n) is 3.99. The Morgan fingerprint density at radius 2 is 1.86 bits per heavy atom. The van der Waals surface area contributed by atoms with Crippen molar-refractivity contribution in [2.24, 2.45) is 16.8 Å². The summed E-state index contributed by atoms with van der Waals surface area (Å²) < 4.78 is 40.5. The number of hydrogen-bond acceptors (Lipinski definition) is 3. The van der Waals surface area contributed by atoms with Crippen molar-refractivity contribution in [3.05, 3.63) is 11.6 Å². The zero-order valence-corrected chi connectivity index (χ0v) is 18.6. The van der Waals surface area contributed by atoms with Gasteiger partial charge in [0.2, 0.25) is 0 Å². The number of alkyl halides is 3. The molecule has 0 radical (unpaired) electrons. The van der Waals surface area contributed by atoms with Crippen LogP contribution < -0.4 is 10.6 Å². The average Bonchev–Trinajstić information content (AvgIpc) is 2.88. The van der Waals surface area contributed by atoms with E-state index in [0.29, 0.717) is 31.9 Å². The minimum Gasteiger partial charge on any atom is -0.356 e. The maximum atomic E-state index is 12.8. The van der Waals surface area contributed by atoms with E-state index in [1.807, 2.05) is 0 Å². The Labute approximate surface area is 181 Å². The van der Waals surface area contributed by atoms with E-state index in [4.69, 9.17) is 0 Å². The van der Waals surface area contributed by atoms with Gasteiger partial charge in [0.1, 0.15) is 5.82 Å². The van der Waals surface area contributed by atoms with Gasteiger partial charge in [-0.1, -0.05) is 6.42 Å². The Balaban J connectivity index is 0.00000280. The second-order valence-electron chi connectivity index (χ2n) is 7.56. The lowest BCUT2D eigenvalue weighted by atomic mass is 9.81. The summed E-state index contributed by atoms with van der Waals surface area (Å²) in [6.45, 7) is 2.13.